The number of ether oxygens (including phenoxy) is 1. The lowest BCUT2D eigenvalue weighted by Crippen LogP contribution is -2.27. The normalized spacial score (nSPS) is 10.9. The molecule has 0 aliphatic rings. The van der Waals surface area contributed by atoms with Gasteiger partial charge in [0.1, 0.15) is 5.60 Å². The Morgan fingerprint density at radius 1 is 1.44 bits per heavy atom. The SMILES string of the molecule is CC(C)(C)OC(=O)Nc1cc([N+](=O)[O-])ccc1Br. The fraction of sp³-hybridized carbons (Fsp3) is 0.364. The van der Waals surface area contributed by atoms with Crippen molar-refractivity contribution in [1.82, 2.24) is 0 Å². The Morgan fingerprint density at radius 2 is 2.06 bits per heavy atom. The molecule has 0 saturated heterocycles. The molecule has 1 aromatic rings. The van der Waals surface area contributed by atoms with Crippen LogP contribution in [0.2, 0.25) is 0 Å². The number of carbonyl (C=O) groups is 1. The van der Waals surface area contributed by atoms with Gasteiger partial charge in [0.25, 0.3) is 5.69 Å². The average molecular weight is 317 g/mol. The summed E-state index contributed by atoms with van der Waals surface area (Å²) in [4.78, 5) is 21.6. The maximum atomic E-state index is 11.5. The topological polar surface area (TPSA) is 81.5 Å². The molecule has 0 aromatic heterocycles. The average Bonchev–Trinajstić information content (AvgIpc) is 2.18. The molecule has 1 rings (SSSR count). The molecule has 0 spiro atoms. The molecule has 1 amide bonds. The van der Waals surface area contributed by atoms with Crippen LogP contribution in [0.1, 0.15) is 20.8 Å². The van der Waals surface area contributed by atoms with Gasteiger partial charge in [-0.25, -0.2) is 4.79 Å². The van der Waals surface area contributed by atoms with Gasteiger partial charge >= 0.3 is 6.09 Å². The maximum absolute atomic E-state index is 11.5. The highest BCUT2D eigenvalue weighted by atomic mass is 79.9. The number of anilines is 1. The molecule has 0 aliphatic carbocycles. The molecule has 6 nitrogen and oxygen atoms in total. The quantitative estimate of drug-likeness (QED) is 0.666. The van der Waals surface area contributed by atoms with E-state index >= 15 is 0 Å². The van der Waals surface area contributed by atoms with Crippen molar-refractivity contribution >= 4 is 33.4 Å². The Labute approximate surface area is 113 Å². The molecular formula is C11H13BrN2O4. The van der Waals surface area contributed by atoms with Crippen LogP contribution in [0.4, 0.5) is 16.2 Å². The van der Waals surface area contributed by atoms with Crippen molar-refractivity contribution in [2.45, 2.75) is 26.4 Å². The largest absolute Gasteiger partial charge is 0.444 e. The molecule has 0 unspecified atom stereocenters. The Bertz CT molecular complexity index is 482. The summed E-state index contributed by atoms with van der Waals surface area (Å²) in [5, 5.41) is 13.1. The van der Waals surface area contributed by atoms with E-state index in [1.807, 2.05) is 0 Å². The van der Waals surface area contributed by atoms with Gasteiger partial charge in [0.15, 0.2) is 0 Å². The van der Waals surface area contributed by atoms with Gasteiger partial charge in [-0.1, -0.05) is 0 Å². The highest BCUT2D eigenvalue weighted by molar-refractivity contribution is 9.10. The monoisotopic (exact) mass is 316 g/mol. The van der Waals surface area contributed by atoms with Crippen LogP contribution in [0.3, 0.4) is 0 Å². The van der Waals surface area contributed by atoms with E-state index in [1.165, 1.54) is 18.2 Å². The fourth-order valence-corrected chi connectivity index (χ4v) is 1.48. The standard InChI is InChI=1S/C11H13BrN2O4/c1-11(2,3)18-10(15)13-9-6-7(14(16)17)4-5-8(9)12/h4-6H,1-3H3,(H,13,15). The number of halogens is 1. The van der Waals surface area contributed by atoms with Gasteiger partial charge in [-0.15, -0.1) is 0 Å². The van der Waals surface area contributed by atoms with Gasteiger partial charge in [-0.2, -0.15) is 0 Å². The van der Waals surface area contributed by atoms with E-state index in [9.17, 15) is 14.9 Å². The molecule has 0 atom stereocenters. The summed E-state index contributed by atoms with van der Waals surface area (Å²) in [5.74, 6) is 0. The Morgan fingerprint density at radius 3 is 2.56 bits per heavy atom. The van der Waals surface area contributed by atoms with Crippen LogP contribution in [-0.4, -0.2) is 16.6 Å². The number of non-ortho nitro benzene ring substituents is 1. The van der Waals surface area contributed by atoms with Crippen LogP contribution in [0.15, 0.2) is 22.7 Å². The molecule has 0 aliphatic heterocycles. The van der Waals surface area contributed by atoms with Crippen LogP contribution in [0.5, 0.6) is 0 Å². The van der Waals surface area contributed by atoms with Crippen LogP contribution in [0, 0.1) is 10.1 Å². The van der Waals surface area contributed by atoms with E-state index in [1.54, 1.807) is 20.8 Å². The zero-order valence-electron chi connectivity index (χ0n) is 10.2. The molecule has 0 heterocycles. The third-order valence-electron chi connectivity index (χ3n) is 1.80. The van der Waals surface area contributed by atoms with Crippen molar-refractivity contribution in [2.75, 3.05) is 5.32 Å². The number of amides is 1. The third-order valence-corrected chi connectivity index (χ3v) is 2.49. The van der Waals surface area contributed by atoms with Gasteiger partial charge in [0, 0.05) is 16.6 Å². The Balaban J connectivity index is 2.87. The van der Waals surface area contributed by atoms with Crippen molar-refractivity contribution in [3.05, 3.63) is 32.8 Å². The minimum atomic E-state index is -0.663. The fourth-order valence-electron chi connectivity index (χ4n) is 1.14. The molecule has 7 heteroatoms. The number of hydrogen-bond donors (Lipinski definition) is 1. The van der Waals surface area contributed by atoms with E-state index in [-0.39, 0.29) is 5.69 Å². The lowest BCUT2D eigenvalue weighted by molar-refractivity contribution is -0.384. The van der Waals surface area contributed by atoms with Crippen molar-refractivity contribution in [3.8, 4) is 0 Å². The number of benzene rings is 1. The first-order valence-corrected chi connectivity index (χ1v) is 5.92. The highest BCUT2D eigenvalue weighted by Crippen LogP contribution is 2.27. The smallest absolute Gasteiger partial charge is 0.412 e. The van der Waals surface area contributed by atoms with E-state index in [4.69, 9.17) is 4.74 Å². The molecule has 0 bridgehead atoms. The van der Waals surface area contributed by atoms with Gasteiger partial charge in [-0.05, 0) is 42.8 Å². The van der Waals surface area contributed by atoms with Gasteiger partial charge in [0.2, 0.25) is 0 Å². The molecule has 1 aromatic carbocycles. The lowest BCUT2D eigenvalue weighted by atomic mass is 10.2. The van der Waals surface area contributed by atoms with Crippen molar-refractivity contribution in [3.63, 3.8) is 0 Å². The number of nitro groups is 1. The summed E-state index contributed by atoms with van der Waals surface area (Å²) in [7, 11) is 0. The minimum absolute atomic E-state index is 0.107. The van der Waals surface area contributed by atoms with Gasteiger partial charge < -0.3 is 4.74 Å². The van der Waals surface area contributed by atoms with Gasteiger partial charge in [0.05, 0.1) is 10.6 Å². The van der Waals surface area contributed by atoms with E-state index in [0.717, 1.165) is 0 Å². The summed E-state index contributed by atoms with van der Waals surface area (Å²) in [6.07, 6.45) is -0.663. The number of nitrogens with zero attached hydrogens (tertiary/aromatic N) is 1. The predicted molar refractivity (Wildman–Crippen MR) is 70.7 cm³/mol. The first-order chi connectivity index (χ1) is 8.19. The third kappa shape index (κ3) is 4.33. The zero-order valence-corrected chi connectivity index (χ0v) is 11.8. The second-order valence-corrected chi connectivity index (χ2v) is 5.40. The number of rotatable bonds is 2. The molecule has 98 valence electrons. The second kappa shape index (κ2) is 5.34. The van der Waals surface area contributed by atoms with Crippen LogP contribution >= 0.6 is 15.9 Å². The number of carbonyl (C=O) groups excluding carboxylic acids is 1. The molecule has 0 fully saturated rings. The number of nitro benzene ring substituents is 1. The summed E-state index contributed by atoms with van der Waals surface area (Å²) in [6.45, 7) is 5.19. The number of hydrogen-bond acceptors (Lipinski definition) is 4. The van der Waals surface area contributed by atoms with E-state index in [2.05, 4.69) is 21.2 Å². The number of nitrogens with one attached hydrogen (secondary N) is 1. The minimum Gasteiger partial charge on any atom is -0.444 e. The molecular weight excluding hydrogens is 304 g/mol. The molecule has 0 saturated carbocycles. The highest BCUT2D eigenvalue weighted by Gasteiger charge is 2.18. The maximum Gasteiger partial charge on any atom is 0.412 e. The molecule has 1 N–H and O–H groups in total. The first-order valence-electron chi connectivity index (χ1n) is 5.13. The first kappa shape index (κ1) is 14.4. The van der Waals surface area contributed by atoms with Crippen LogP contribution in [-0.2, 0) is 4.74 Å². The molecule has 0 radical (unpaired) electrons. The predicted octanol–water partition coefficient (Wildman–Crippen LogP) is 3.70. The van der Waals surface area contributed by atoms with Crippen molar-refractivity contribution in [2.24, 2.45) is 0 Å². The van der Waals surface area contributed by atoms with E-state index < -0.39 is 16.6 Å². The van der Waals surface area contributed by atoms with Crippen LogP contribution in [0.25, 0.3) is 0 Å². The zero-order chi connectivity index (χ0) is 13.9. The Kier molecular flexibility index (Phi) is 4.28. The second-order valence-electron chi connectivity index (χ2n) is 4.55. The summed E-state index contributed by atoms with van der Waals surface area (Å²) in [5.41, 5.74) is -0.445. The summed E-state index contributed by atoms with van der Waals surface area (Å²) in [6, 6.07) is 4.09. The van der Waals surface area contributed by atoms with Crippen molar-refractivity contribution < 1.29 is 14.5 Å². The van der Waals surface area contributed by atoms with Crippen molar-refractivity contribution in [1.29, 1.82) is 0 Å². The lowest BCUT2D eigenvalue weighted by Gasteiger charge is -2.19. The van der Waals surface area contributed by atoms with Crippen LogP contribution < -0.4 is 5.32 Å². The van der Waals surface area contributed by atoms with E-state index in [0.29, 0.717) is 10.2 Å². The Hall–Kier alpha value is -1.63. The van der Waals surface area contributed by atoms with Gasteiger partial charge in [-0.3, -0.25) is 15.4 Å². The summed E-state index contributed by atoms with van der Waals surface area (Å²) < 4.78 is 5.60. The summed E-state index contributed by atoms with van der Waals surface area (Å²) >= 11 is 3.19. The molecule has 18 heavy (non-hydrogen) atoms.